The first-order valence-electron chi connectivity index (χ1n) is 44.5. The van der Waals surface area contributed by atoms with Gasteiger partial charge in [0, 0.05) is 218 Å². The summed E-state index contributed by atoms with van der Waals surface area (Å²) < 4.78 is 36.2. The van der Waals surface area contributed by atoms with Crippen LogP contribution in [0.1, 0.15) is 119 Å². The van der Waals surface area contributed by atoms with Gasteiger partial charge in [0.25, 0.3) is 0 Å². The maximum atomic E-state index is 13.3. The number of carbonyl (C=O) groups excluding carboxylic acids is 6. The van der Waals surface area contributed by atoms with Gasteiger partial charge in [-0.3, -0.25) is 29.2 Å². The quantitative estimate of drug-likeness (QED) is 0.0344. The molecule has 0 spiro atoms. The molecule has 8 aromatic rings. The van der Waals surface area contributed by atoms with E-state index in [4.69, 9.17) is 28.4 Å². The Kier molecular flexibility index (Phi) is 34.6. The predicted octanol–water partition coefficient (Wildman–Crippen LogP) is 17.7. The van der Waals surface area contributed by atoms with Gasteiger partial charge >= 0.3 is 36.1 Å². The first-order chi connectivity index (χ1) is 62.4. The minimum atomic E-state index is -0.431. The van der Waals surface area contributed by atoms with Gasteiger partial charge in [0.15, 0.2) is 0 Å². The molecule has 688 valence electrons. The molecule has 15 atom stereocenters. The van der Waals surface area contributed by atoms with E-state index in [0.29, 0.717) is 150 Å². The Morgan fingerprint density at radius 1 is 0.341 bits per heavy atom. The average molecular weight is 2020 g/mol. The predicted molar refractivity (Wildman–Crippen MR) is 517 cm³/mol. The summed E-state index contributed by atoms with van der Waals surface area (Å²) in [5.41, 5.74) is 7.93. The minimum absolute atomic E-state index is 0.00157. The van der Waals surface area contributed by atoms with Crippen LogP contribution in [-0.4, -0.2) is 266 Å². The highest BCUT2D eigenvalue weighted by atomic mass is 79.9. The Morgan fingerprint density at radius 2 is 0.605 bits per heavy atom. The minimum Gasteiger partial charge on any atom is -0.497 e. The molecule has 7 saturated heterocycles. The zero-order valence-electron chi connectivity index (χ0n) is 74.6. The number of halogens is 4. The molecule has 16 rings (SSSR count). The first kappa shape index (κ1) is 96.9. The van der Waals surface area contributed by atoms with Crippen molar-refractivity contribution in [2.45, 2.75) is 163 Å². The average Bonchev–Trinajstić information content (AvgIpc) is 0.757. The van der Waals surface area contributed by atoms with Gasteiger partial charge in [-0.25, -0.2) is 19.2 Å². The van der Waals surface area contributed by atoms with E-state index in [1.54, 1.807) is 57.6 Å². The molecule has 8 heterocycles. The molecule has 6 N–H and O–H groups in total. The number of rotatable bonds is 18. The van der Waals surface area contributed by atoms with Crippen LogP contribution in [0, 0.1) is 0 Å². The molecule has 7 fully saturated rings. The number of ether oxygens (including phenoxy) is 6. The van der Waals surface area contributed by atoms with Crippen molar-refractivity contribution < 1.29 is 67.4 Å². The van der Waals surface area contributed by atoms with Crippen molar-refractivity contribution in [3.05, 3.63) is 246 Å². The van der Waals surface area contributed by atoms with E-state index in [1.807, 2.05) is 99.6 Å². The topological polar surface area (TPSA) is 272 Å². The molecule has 0 saturated carbocycles. The molecular formula is C99H120Br4N12O14. The summed E-state index contributed by atoms with van der Waals surface area (Å²) in [4.78, 5) is 93.0. The molecule has 0 aromatic heterocycles. The number of hydrogen-bond donors (Lipinski definition) is 6. The van der Waals surface area contributed by atoms with Crippen molar-refractivity contribution in [3.8, 4) is 23.0 Å². The summed E-state index contributed by atoms with van der Waals surface area (Å²) in [5, 5.41) is 32.8. The van der Waals surface area contributed by atoms with E-state index < -0.39 is 6.10 Å². The number of esters is 2. The molecule has 26 nitrogen and oxygen atoms in total. The van der Waals surface area contributed by atoms with Crippen molar-refractivity contribution in [1.29, 1.82) is 0 Å². The number of benzene rings is 8. The van der Waals surface area contributed by atoms with Crippen molar-refractivity contribution in [1.82, 2.24) is 39.2 Å². The molecule has 3 unspecified atom stereocenters. The van der Waals surface area contributed by atoms with Gasteiger partial charge in [0.1, 0.15) is 35.2 Å². The van der Waals surface area contributed by atoms with E-state index in [0.717, 1.165) is 77.9 Å². The zero-order valence-corrected chi connectivity index (χ0v) is 81.0. The van der Waals surface area contributed by atoms with Crippen LogP contribution in [0.15, 0.2) is 224 Å². The van der Waals surface area contributed by atoms with Gasteiger partial charge in [-0.1, -0.05) is 145 Å². The lowest BCUT2D eigenvalue weighted by molar-refractivity contribution is -0.154. The lowest BCUT2D eigenvalue weighted by Gasteiger charge is -2.58. The monoisotopic (exact) mass is 2020 g/mol. The number of anilines is 4. The molecule has 30 heteroatoms. The molecule has 0 aliphatic carbocycles. The van der Waals surface area contributed by atoms with Gasteiger partial charge in [0.05, 0.1) is 41.2 Å². The Morgan fingerprint density at radius 3 is 0.907 bits per heavy atom. The van der Waals surface area contributed by atoms with Gasteiger partial charge in [0.2, 0.25) is 0 Å². The molecule has 0 radical (unpaired) electrons. The van der Waals surface area contributed by atoms with Crippen LogP contribution in [0.3, 0.4) is 0 Å². The summed E-state index contributed by atoms with van der Waals surface area (Å²) in [6, 6.07) is 64.2. The fourth-order valence-corrected chi connectivity index (χ4v) is 20.9. The van der Waals surface area contributed by atoms with Gasteiger partial charge in [-0.15, -0.1) is 0 Å². The summed E-state index contributed by atoms with van der Waals surface area (Å²) in [7, 11) is 6.47. The standard InChI is InChI=1S/C26H32BrN3O4.C25H30BrN3O5.C24H30BrN3O3.C24H28BrN3O2/c1-4-23-25(18-5-7-19(27)8-6-18)24-16-29(14-13-22(15-30(23)24)34-17(2)31)26(32)28-20-9-11-21(33-3)12-10-20;1-16(31)34-21-11-12-28(25(32)27-19-7-9-20(33-2)10-8-19)14-22-24(23(15-30)29(22)13-21)17-3-5-18(26)6-4-17;1-3-21-23(16-4-6-17(25)7-5-16)22-15-27(13-12-19(29)14-28(21)22)24(30)26-18-8-10-20(31-2)11-9-18;1-3-21-23(17-6-8-18(25)9-7-17)22-16-27(14-4-5-15-28(21)22)24(29)26-19-10-12-20(30-2)13-11-19/h5-12,22-25H,4,13-16H2,1-3H3,(H,28,32);3-10,21-24,30H,11-15H2,1-2H3,(H,27,32);4-11,19,21-23,29H,3,12-15H2,1-2H3,(H,26,30);4-13,21-23H,3,14-16H2,1-2H3,(H,26,29)/b;;;5-4-/t22?,23-,24+,25+;21?,22-,23+,24+;19?,21-,22+,23+;21-,22+,23+/m1011/s1. The second-order valence-electron chi connectivity index (χ2n) is 33.9. The number of urea groups is 4. The van der Waals surface area contributed by atoms with E-state index in [-0.39, 0.29) is 85.0 Å². The van der Waals surface area contributed by atoms with Crippen LogP contribution < -0.4 is 40.2 Å². The number of hydrogen-bond acceptors (Lipinski definition) is 18. The summed E-state index contributed by atoms with van der Waals surface area (Å²) in [6.07, 6.45) is 8.10. The molecule has 8 aromatic carbocycles. The third-order valence-corrected chi connectivity index (χ3v) is 28.3. The number of amides is 8. The fraction of sp³-hybridized carbons (Fsp3) is 0.434. The van der Waals surface area contributed by atoms with Crippen molar-refractivity contribution in [3.63, 3.8) is 0 Å². The second-order valence-corrected chi connectivity index (χ2v) is 37.5. The van der Waals surface area contributed by atoms with E-state index in [2.05, 4.69) is 222 Å². The second kappa shape index (κ2) is 46.0. The maximum Gasteiger partial charge on any atom is 0.322 e. The normalized spacial score (nSPS) is 25.1. The SMILES string of the molecule is CC[C@@H]1[C@H](c2ccc(Br)cc2)[C@@H]2CN(C(=O)Nc3ccc(OC)cc3)C/C=C\CN12.CC[C@@H]1[C@H](c2ccc(Br)cc2)[C@@H]2CN(C(=O)Nc3ccc(OC)cc3)CCC(O)CN12.CC[C@@H]1[C@H](c2ccc(Br)cc2)[C@@H]2CN(C(=O)Nc3ccc(OC)cc3)CCC(OC(C)=O)CN12.COc1ccc(NC(=O)N2CCC(OC(C)=O)CN3[C@H](CO)[C@H](c4ccc(Br)cc4)[C@@H]3C2)cc1. The van der Waals surface area contributed by atoms with Crippen LogP contribution in [0.2, 0.25) is 0 Å². The number of carbonyl (C=O) groups is 6. The first-order valence-corrected chi connectivity index (χ1v) is 47.7. The van der Waals surface area contributed by atoms with Crippen molar-refractivity contribution >= 4 is 123 Å². The van der Waals surface area contributed by atoms with Gasteiger partial charge in [-0.05, 0) is 194 Å². The van der Waals surface area contributed by atoms with Crippen LogP contribution >= 0.6 is 63.7 Å². The highest BCUT2D eigenvalue weighted by Crippen LogP contribution is 2.48. The van der Waals surface area contributed by atoms with Crippen LogP contribution in [0.4, 0.5) is 41.9 Å². The van der Waals surface area contributed by atoms with Crippen molar-refractivity contribution in [2.24, 2.45) is 0 Å². The third kappa shape index (κ3) is 24.4. The zero-order chi connectivity index (χ0) is 91.5. The summed E-state index contributed by atoms with van der Waals surface area (Å²) in [6.45, 7) is 17.0. The maximum absolute atomic E-state index is 13.3. The van der Waals surface area contributed by atoms with E-state index in [9.17, 15) is 39.0 Å². The number of nitrogens with one attached hydrogen (secondary N) is 4. The van der Waals surface area contributed by atoms with Crippen LogP contribution in [0.25, 0.3) is 0 Å². The lowest BCUT2D eigenvalue weighted by Crippen LogP contribution is -2.69. The number of methoxy groups -OCH3 is 4. The number of nitrogens with zero attached hydrogens (tertiary/aromatic N) is 8. The summed E-state index contributed by atoms with van der Waals surface area (Å²) >= 11 is 14.1. The smallest absolute Gasteiger partial charge is 0.322 e. The molecule has 8 aliphatic heterocycles. The van der Waals surface area contributed by atoms with Gasteiger partial charge < -0.3 is 79.5 Å². The number of aliphatic hydroxyl groups is 2. The molecule has 8 aliphatic rings. The molecule has 8 amide bonds. The van der Waals surface area contributed by atoms with Crippen LogP contribution in [0.5, 0.6) is 23.0 Å². The Hall–Kier alpha value is -9.60. The van der Waals surface area contributed by atoms with Crippen LogP contribution in [-0.2, 0) is 19.1 Å². The van der Waals surface area contributed by atoms with E-state index >= 15 is 0 Å². The lowest BCUT2D eigenvalue weighted by atomic mass is 9.73. The Bertz CT molecular complexity index is 4880. The molecular weight excluding hydrogens is 1900 g/mol. The highest BCUT2D eigenvalue weighted by Gasteiger charge is 2.54. The number of fused-ring (bicyclic) bond motifs is 4. The van der Waals surface area contributed by atoms with Crippen molar-refractivity contribution in [2.75, 3.05) is 135 Å². The third-order valence-electron chi connectivity index (χ3n) is 26.2. The fourth-order valence-electron chi connectivity index (χ4n) is 19.8. The molecule has 0 bridgehead atoms. The highest BCUT2D eigenvalue weighted by molar-refractivity contribution is 9.11. The largest absolute Gasteiger partial charge is 0.497 e. The Balaban J connectivity index is 0.000000147. The summed E-state index contributed by atoms with van der Waals surface area (Å²) in [5.74, 6) is 3.50. The Labute approximate surface area is 791 Å². The van der Waals surface area contributed by atoms with E-state index in [1.165, 1.54) is 30.5 Å². The van der Waals surface area contributed by atoms with Gasteiger partial charge in [-0.2, -0.15) is 0 Å². The number of aliphatic hydroxyl groups excluding tert-OH is 2. The molecule has 129 heavy (non-hydrogen) atoms.